The average molecular weight is 274 g/mol. The molecule has 1 saturated carbocycles. The number of rotatable bonds is 6. The van der Waals surface area contributed by atoms with Crippen LogP contribution in [0.25, 0.3) is 0 Å². The molecule has 1 aromatic rings. The van der Waals surface area contributed by atoms with Gasteiger partial charge in [-0.05, 0) is 25.3 Å². The monoisotopic (exact) mass is 274 g/mol. The van der Waals surface area contributed by atoms with Crippen molar-refractivity contribution in [2.45, 2.75) is 32.4 Å². The van der Waals surface area contributed by atoms with Gasteiger partial charge >= 0.3 is 0 Å². The fourth-order valence-electron chi connectivity index (χ4n) is 1.77. The first kappa shape index (κ1) is 14.4. The van der Waals surface area contributed by atoms with Gasteiger partial charge < -0.3 is 16.0 Å². The lowest BCUT2D eigenvalue weighted by molar-refractivity contribution is -0.120. The summed E-state index contributed by atoms with van der Waals surface area (Å²) in [6, 6.07) is 10.4. The van der Waals surface area contributed by atoms with Crippen LogP contribution >= 0.6 is 0 Å². The van der Waals surface area contributed by atoms with Crippen LogP contribution in [0, 0.1) is 0 Å². The topological polar surface area (TPSA) is 65.5 Å². The molecule has 1 aliphatic rings. The Morgan fingerprint density at radius 3 is 2.65 bits per heavy atom. The third kappa shape index (κ3) is 5.30. The molecule has 1 fully saturated rings. The lowest BCUT2D eigenvalue weighted by atomic mass is 10.2. The number of guanidine groups is 1. The Bertz CT molecular complexity index is 454. The van der Waals surface area contributed by atoms with Gasteiger partial charge in [0.25, 0.3) is 0 Å². The maximum atomic E-state index is 11.6. The minimum atomic E-state index is 0.0258. The zero-order valence-electron chi connectivity index (χ0n) is 11.9. The number of aliphatic imine (C=N–C) groups is 1. The van der Waals surface area contributed by atoms with E-state index in [2.05, 4.69) is 20.9 Å². The average Bonchev–Trinajstić information content (AvgIpc) is 3.27. The molecule has 3 N–H and O–H groups in total. The van der Waals surface area contributed by atoms with Crippen molar-refractivity contribution in [3.63, 3.8) is 0 Å². The van der Waals surface area contributed by atoms with Crippen LogP contribution in [0.2, 0.25) is 0 Å². The first-order valence-corrected chi connectivity index (χ1v) is 7.13. The van der Waals surface area contributed by atoms with Gasteiger partial charge in [0, 0.05) is 12.6 Å². The molecule has 1 amide bonds. The Morgan fingerprint density at radius 2 is 2.00 bits per heavy atom. The molecule has 0 atom stereocenters. The second-order valence-corrected chi connectivity index (χ2v) is 4.88. The zero-order chi connectivity index (χ0) is 14.2. The molecule has 1 aromatic carbocycles. The molecule has 108 valence electrons. The normalized spacial score (nSPS) is 14.8. The molecule has 0 unspecified atom stereocenters. The van der Waals surface area contributed by atoms with Gasteiger partial charge in [-0.3, -0.25) is 4.79 Å². The summed E-state index contributed by atoms with van der Waals surface area (Å²) in [7, 11) is 0. The lowest BCUT2D eigenvalue weighted by Crippen LogP contribution is -2.43. The Hall–Kier alpha value is -2.04. The molecule has 0 spiro atoms. The van der Waals surface area contributed by atoms with Crippen LogP contribution in [0.3, 0.4) is 0 Å². The van der Waals surface area contributed by atoms with E-state index in [0.29, 0.717) is 18.5 Å². The summed E-state index contributed by atoms with van der Waals surface area (Å²) in [5.74, 6) is 0.695. The SMILES string of the molecule is CCNC(=NCc1ccccc1)NCC(=O)NC1CC1. The number of nitrogens with one attached hydrogen (secondary N) is 3. The van der Waals surface area contributed by atoms with E-state index in [0.717, 1.165) is 24.9 Å². The molecule has 2 rings (SSSR count). The van der Waals surface area contributed by atoms with Crippen molar-refractivity contribution in [1.82, 2.24) is 16.0 Å². The molecule has 5 nitrogen and oxygen atoms in total. The van der Waals surface area contributed by atoms with Gasteiger partial charge in [0.2, 0.25) is 5.91 Å². The summed E-state index contributed by atoms with van der Waals surface area (Å²) in [5.41, 5.74) is 1.15. The van der Waals surface area contributed by atoms with Crippen LogP contribution in [0.15, 0.2) is 35.3 Å². The van der Waals surface area contributed by atoms with E-state index in [1.807, 2.05) is 37.3 Å². The number of hydrogen-bond acceptors (Lipinski definition) is 2. The molecule has 0 saturated heterocycles. The predicted octanol–water partition coefficient (Wildman–Crippen LogP) is 1.02. The Labute approximate surface area is 119 Å². The summed E-state index contributed by atoms with van der Waals surface area (Å²) >= 11 is 0. The van der Waals surface area contributed by atoms with E-state index >= 15 is 0 Å². The minimum Gasteiger partial charge on any atom is -0.357 e. The highest BCUT2D eigenvalue weighted by Gasteiger charge is 2.22. The van der Waals surface area contributed by atoms with Crippen LogP contribution in [0.5, 0.6) is 0 Å². The van der Waals surface area contributed by atoms with Crippen molar-refractivity contribution in [1.29, 1.82) is 0 Å². The van der Waals surface area contributed by atoms with Crippen molar-refractivity contribution in [3.8, 4) is 0 Å². The van der Waals surface area contributed by atoms with Crippen LogP contribution in [0.4, 0.5) is 0 Å². The number of amides is 1. The quantitative estimate of drug-likeness (QED) is 0.536. The van der Waals surface area contributed by atoms with E-state index < -0.39 is 0 Å². The van der Waals surface area contributed by atoms with Crippen LogP contribution in [-0.2, 0) is 11.3 Å². The van der Waals surface area contributed by atoms with E-state index in [-0.39, 0.29) is 12.5 Å². The third-order valence-corrected chi connectivity index (χ3v) is 2.97. The Balaban J connectivity index is 1.80. The molecule has 5 heteroatoms. The van der Waals surface area contributed by atoms with Crippen molar-refractivity contribution in [2.24, 2.45) is 4.99 Å². The molecular weight excluding hydrogens is 252 g/mol. The minimum absolute atomic E-state index is 0.0258. The van der Waals surface area contributed by atoms with E-state index in [9.17, 15) is 4.79 Å². The van der Waals surface area contributed by atoms with Gasteiger partial charge in [-0.1, -0.05) is 30.3 Å². The fourth-order valence-corrected chi connectivity index (χ4v) is 1.77. The van der Waals surface area contributed by atoms with E-state index in [1.165, 1.54) is 0 Å². The van der Waals surface area contributed by atoms with Crippen LogP contribution in [-0.4, -0.2) is 31.0 Å². The smallest absolute Gasteiger partial charge is 0.239 e. The predicted molar refractivity (Wildman–Crippen MR) is 80.4 cm³/mol. The number of nitrogens with zero attached hydrogens (tertiary/aromatic N) is 1. The van der Waals surface area contributed by atoms with Gasteiger partial charge in [-0.25, -0.2) is 4.99 Å². The molecule has 0 aliphatic heterocycles. The van der Waals surface area contributed by atoms with Crippen molar-refractivity contribution < 1.29 is 4.79 Å². The van der Waals surface area contributed by atoms with Gasteiger partial charge in [0.1, 0.15) is 0 Å². The lowest BCUT2D eigenvalue weighted by Gasteiger charge is -2.11. The maximum absolute atomic E-state index is 11.6. The highest BCUT2D eigenvalue weighted by Crippen LogP contribution is 2.18. The molecule has 20 heavy (non-hydrogen) atoms. The second-order valence-electron chi connectivity index (χ2n) is 4.88. The number of carbonyl (C=O) groups is 1. The van der Waals surface area contributed by atoms with E-state index in [1.54, 1.807) is 0 Å². The van der Waals surface area contributed by atoms with Gasteiger partial charge in [-0.15, -0.1) is 0 Å². The van der Waals surface area contributed by atoms with Crippen molar-refractivity contribution in [3.05, 3.63) is 35.9 Å². The highest BCUT2D eigenvalue weighted by atomic mass is 16.2. The van der Waals surface area contributed by atoms with Gasteiger partial charge in [-0.2, -0.15) is 0 Å². The van der Waals surface area contributed by atoms with Crippen LogP contribution < -0.4 is 16.0 Å². The largest absolute Gasteiger partial charge is 0.357 e. The summed E-state index contributed by atoms with van der Waals surface area (Å²) < 4.78 is 0. The first-order chi connectivity index (χ1) is 9.78. The third-order valence-electron chi connectivity index (χ3n) is 2.97. The summed E-state index contributed by atoms with van der Waals surface area (Å²) in [5, 5.41) is 9.13. The molecule has 0 aromatic heterocycles. The fraction of sp³-hybridized carbons (Fsp3) is 0.467. The number of carbonyl (C=O) groups excluding carboxylic acids is 1. The van der Waals surface area contributed by atoms with Crippen molar-refractivity contribution >= 4 is 11.9 Å². The molecule has 0 heterocycles. The summed E-state index contributed by atoms with van der Waals surface area (Å²) in [6.45, 7) is 3.63. The second kappa shape index (κ2) is 7.53. The zero-order valence-corrected chi connectivity index (χ0v) is 11.9. The number of benzene rings is 1. The maximum Gasteiger partial charge on any atom is 0.239 e. The van der Waals surface area contributed by atoms with E-state index in [4.69, 9.17) is 0 Å². The van der Waals surface area contributed by atoms with Crippen LogP contribution in [0.1, 0.15) is 25.3 Å². The molecule has 0 bridgehead atoms. The van der Waals surface area contributed by atoms with Crippen molar-refractivity contribution in [2.75, 3.05) is 13.1 Å². The molecule has 0 radical (unpaired) electrons. The standard InChI is InChI=1S/C15H22N4O/c1-2-16-15(17-10-12-6-4-3-5-7-12)18-11-14(20)19-13-8-9-13/h3-7,13H,2,8-11H2,1H3,(H,19,20)(H2,16,17,18). The number of hydrogen-bond donors (Lipinski definition) is 3. The Morgan fingerprint density at radius 1 is 1.25 bits per heavy atom. The first-order valence-electron chi connectivity index (χ1n) is 7.13. The van der Waals surface area contributed by atoms with Gasteiger partial charge in [0.15, 0.2) is 5.96 Å². The van der Waals surface area contributed by atoms with Gasteiger partial charge in [0.05, 0.1) is 13.1 Å². The molecule has 1 aliphatic carbocycles. The Kier molecular flexibility index (Phi) is 5.41. The highest BCUT2D eigenvalue weighted by molar-refractivity contribution is 5.86. The summed E-state index contributed by atoms with van der Waals surface area (Å²) in [6.07, 6.45) is 2.21. The summed E-state index contributed by atoms with van der Waals surface area (Å²) in [4.78, 5) is 16.1. The molecular formula is C15H22N4O.